The minimum absolute atomic E-state index is 0.140. The molecule has 68 valence electrons. The smallest absolute Gasteiger partial charge is 0.164 e. The van der Waals surface area contributed by atoms with Crippen LogP contribution in [0.25, 0.3) is 0 Å². The van der Waals surface area contributed by atoms with E-state index >= 15 is 0 Å². The van der Waals surface area contributed by atoms with Crippen molar-refractivity contribution in [3.8, 4) is 0 Å². The van der Waals surface area contributed by atoms with Crippen molar-refractivity contribution in [2.75, 3.05) is 6.61 Å². The van der Waals surface area contributed by atoms with Gasteiger partial charge >= 0.3 is 0 Å². The van der Waals surface area contributed by atoms with E-state index in [0.717, 1.165) is 0 Å². The molecule has 1 fully saturated rings. The lowest BCUT2D eigenvalue weighted by atomic mass is 10.1. The lowest BCUT2D eigenvalue weighted by Gasteiger charge is -2.07. The Morgan fingerprint density at radius 2 is 2.33 bits per heavy atom. The van der Waals surface area contributed by atoms with Crippen LogP contribution in [0.1, 0.15) is 0 Å². The summed E-state index contributed by atoms with van der Waals surface area (Å²) in [6.45, 7) is -0.426. The van der Waals surface area contributed by atoms with E-state index < -0.39 is 24.9 Å². The van der Waals surface area contributed by atoms with Gasteiger partial charge in [0.05, 0.1) is 6.61 Å². The van der Waals surface area contributed by atoms with Gasteiger partial charge in [0.1, 0.15) is 12.4 Å². The van der Waals surface area contributed by atoms with E-state index in [4.69, 9.17) is 14.9 Å². The van der Waals surface area contributed by atoms with Gasteiger partial charge in [-0.05, 0) is 0 Å². The fourth-order valence-corrected chi connectivity index (χ4v) is 1.06. The number of ether oxygens (including phenoxy) is 1. The molecule has 3 N–H and O–H groups in total. The van der Waals surface area contributed by atoms with E-state index in [9.17, 15) is 10.0 Å². The molecule has 1 unspecified atom stereocenters. The van der Waals surface area contributed by atoms with Gasteiger partial charge in [-0.2, -0.15) is 4.91 Å². The highest BCUT2D eigenvalue weighted by atomic mass is 16.5. The topological polar surface area (TPSA) is 99.4 Å². The molecule has 0 saturated carbocycles. The van der Waals surface area contributed by atoms with Crippen LogP contribution >= 0.6 is 0 Å². The van der Waals surface area contributed by atoms with Gasteiger partial charge in [0.15, 0.2) is 17.9 Å². The van der Waals surface area contributed by atoms with Crippen molar-refractivity contribution in [1.29, 1.82) is 0 Å². The Labute approximate surface area is 68.1 Å². The zero-order valence-corrected chi connectivity index (χ0v) is 6.12. The predicted molar refractivity (Wildman–Crippen MR) is 38.3 cm³/mol. The van der Waals surface area contributed by atoms with Crippen LogP contribution < -0.4 is 0 Å². The summed E-state index contributed by atoms with van der Waals surface area (Å²) in [4.78, 5) is 10.1. The Morgan fingerprint density at radius 1 is 1.67 bits per heavy atom. The van der Waals surface area contributed by atoms with Gasteiger partial charge in [0, 0.05) is 0 Å². The SMILES string of the molecule is O=N[C@@H]1C(CO)O/C(=C\O)[C@H]1O. The zero-order chi connectivity index (χ0) is 9.14. The van der Waals surface area contributed by atoms with Crippen LogP contribution in [0.3, 0.4) is 0 Å². The van der Waals surface area contributed by atoms with E-state index in [1.54, 1.807) is 0 Å². The Hall–Kier alpha value is -1.14. The Kier molecular flexibility index (Phi) is 2.61. The molecule has 0 aromatic rings. The van der Waals surface area contributed by atoms with Crippen LogP contribution in [-0.2, 0) is 4.74 Å². The standard InChI is InChI=1S/C6H9NO5/c8-1-3-5(7-11)6(10)4(2-9)12-3/h2-3,5-6,8-10H,1H2/b4-2-/t3?,5-,6-/m1/s1. The van der Waals surface area contributed by atoms with Crippen LogP contribution in [0.15, 0.2) is 17.2 Å². The summed E-state index contributed by atoms with van der Waals surface area (Å²) in [5.41, 5.74) is 0. The molecule has 1 aliphatic heterocycles. The van der Waals surface area contributed by atoms with Gasteiger partial charge < -0.3 is 20.1 Å². The molecule has 0 spiro atoms. The molecule has 6 heteroatoms. The highest BCUT2D eigenvalue weighted by Gasteiger charge is 2.42. The molecular formula is C6H9NO5. The summed E-state index contributed by atoms with van der Waals surface area (Å²) in [7, 11) is 0. The fraction of sp³-hybridized carbons (Fsp3) is 0.667. The average Bonchev–Trinajstić information content (AvgIpc) is 2.41. The van der Waals surface area contributed by atoms with Gasteiger partial charge in [-0.3, -0.25) is 0 Å². The Bertz CT molecular complexity index is 204. The van der Waals surface area contributed by atoms with E-state index in [2.05, 4.69) is 5.18 Å². The molecule has 1 rings (SSSR count). The lowest BCUT2D eigenvalue weighted by molar-refractivity contribution is 0.0802. The molecular weight excluding hydrogens is 166 g/mol. The summed E-state index contributed by atoms with van der Waals surface area (Å²) in [5, 5.41) is 28.9. The van der Waals surface area contributed by atoms with Crippen molar-refractivity contribution in [2.45, 2.75) is 18.2 Å². The van der Waals surface area contributed by atoms with Crippen LogP contribution in [0.5, 0.6) is 0 Å². The Balaban J connectivity index is 2.78. The summed E-state index contributed by atoms with van der Waals surface area (Å²) in [6, 6.07) is -1.05. The molecule has 0 amide bonds. The van der Waals surface area contributed by atoms with Crippen LogP contribution in [0, 0.1) is 4.91 Å². The molecule has 0 bridgehead atoms. The van der Waals surface area contributed by atoms with Gasteiger partial charge in [-0.15, -0.1) is 0 Å². The van der Waals surface area contributed by atoms with Crippen LogP contribution in [-0.4, -0.2) is 40.2 Å². The first-order chi connectivity index (χ1) is 5.74. The van der Waals surface area contributed by atoms with E-state index in [1.165, 1.54) is 0 Å². The van der Waals surface area contributed by atoms with E-state index in [0.29, 0.717) is 6.26 Å². The largest absolute Gasteiger partial charge is 0.512 e. The zero-order valence-electron chi connectivity index (χ0n) is 6.12. The second-order valence-electron chi connectivity index (χ2n) is 2.41. The molecule has 1 saturated heterocycles. The molecule has 0 aromatic carbocycles. The number of aliphatic hydroxyl groups excluding tert-OH is 3. The minimum Gasteiger partial charge on any atom is -0.512 e. The third-order valence-electron chi connectivity index (χ3n) is 1.71. The highest BCUT2D eigenvalue weighted by Crippen LogP contribution is 2.25. The second kappa shape index (κ2) is 3.51. The second-order valence-corrected chi connectivity index (χ2v) is 2.41. The number of hydrogen-bond donors (Lipinski definition) is 3. The molecule has 6 nitrogen and oxygen atoms in total. The summed E-state index contributed by atoms with van der Waals surface area (Å²) in [6.07, 6.45) is -1.57. The third kappa shape index (κ3) is 1.26. The monoisotopic (exact) mass is 175 g/mol. The first-order valence-corrected chi connectivity index (χ1v) is 3.37. The number of aliphatic hydroxyl groups is 3. The van der Waals surface area contributed by atoms with Crippen molar-refractivity contribution in [2.24, 2.45) is 5.18 Å². The van der Waals surface area contributed by atoms with Gasteiger partial charge in [0.25, 0.3) is 0 Å². The predicted octanol–water partition coefficient (Wildman–Crippen LogP) is -0.727. The third-order valence-corrected chi connectivity index (χ3v) is 1.71. The Morgan fingerprint density at radius 3 is 2.67 bits per heavy atom. The minimum atomic E-state index is -1.26. The van der Waals surface area contributed by atoms with E-state index in [-0.39, 0.29) is 5.76 Å². The number of nitroso groups, excluding NO2 is 1. The highest BCUT2D eigenvalue weighted by molar-refractivity contribution is 5.10. The van der Waals surface area contributed by atoms with Crippen molar-refractivity contribution in [1.82, 2.24) is 0 Å². The van der Waals surface area contributed by atoms with Gasteiger partial charge in [-0.25, -0.2) is 0 Å². The van der Waals surface area contributed by atoms with Crippen molar-refractivity contribution in [3.05, 3.63) is 16.9 Å². The maximum atomic E-state index is 10.1. The molecule has 0 aromatic heterocycles. The molecule has 1 heterocycles. The molecule has 12 heavy (non-hydrogen) atoms. The fourth-order valence-electron chi connectivity index (χ4n) is 1.06. The maximum absolute atomic E-state index is 10.1. The lowest BCUT2D eigenvalue weighted by Crippen LogP contribution is -2.30. The quantitative estimate of drug-likeness (QED) is 0.379. The number of rotatable bonds is 2. The van der Waals surface area contributed by atoms with Crippen molar-refractivity contribution < 1.29 is 20.1 Å². The molecule has 0 aliphatic carbocycles. The van der Waals surface area contributed by atoms with Crippen LogP contribution in [0.2, 0.25) is 0 Å². The first kappa shape index (κ1) is 8.95. The van der Waals surface area contributed by atoms with Gasteiger partial charge in [0.2, 0.25) is 0 Å². The number of nitrogens with zero attached hydrogens (tertiary/aromatic N) is 1. The molecule has 3 atom stereocenters. The van der Waals surface area contributed by atoms with E-state index in [1.807, 2.05) is 0 Å². The first-order valence-electron chi connectivity index (χ1n) is 3.37. The maximum Gasteiger partial charge on any atom is 0.164 e. The van der Waals surface area contributed by atoms with Gasteiger partial charge in [-0.1, -0.05) is 5.18 Å². The summed E-state index contributed by atoms with van der Waals surface area (Å²) < 4.78 is 4.79. The summed E-state index contributed by atoms with van der Waals surface area (Å²) in [5.74, 6) is -0.140. The molecule has 1 aliphatic rings. The average molecular weight is 175 g/mol. The van der Waals surface area contributed by atoms with Crippen molar-refractivity contribution >= 4 is 0 Å². The summed E-state index contributed by atoms with van der Waals surface area (Å²) >= 11 is 0. The normalized spacial score (nSPS) is 38.2. The van der Waals surface area contributed by atoms with Crippen molar-refractivity contribution in [3.63, 3.8) is 0 Å². The number of hydrogen-bond acceptors (Lipinski definition) is 6. The molecule has 0 radical (unpaired) electrons. The van der Waals surface area contributed by atoms with Crippen LogP contribution in [0.4, 0.5) is 0 Å².